The van der Waals surface area contributed by atoms with Crippen molar-refractivity contribution in [2.45, 2.75) is 19.3 Å². The zero-order valence-corrected chi connectivity index (χ0v) is 13.6. The topological polar surface area (TPSA) is 20.3 Å². The molecule has 1 fully saturated rings. The number of allylic oxidation sites excluding steroid dienone is 3. The van der Waals surface area contributed by atoms with Crippen LogP contribution < -0.4 is 0 Å². The Kier molecular flexibility index (Phi) is 7.41. The molecule has 1 unspecified atom stereocenters. The molecule has 21 heavy (non-hydrogen) atoms. The molecule has 0 heterocycles. The van der Waals surface area contributed by atoms with E-state index in [0.717, 1.165) is 36.9 Å². The van der Waals surface area contributed by atoms with Gasteiger partial charge in [0.15, 0.2) is 5.78 Å². The minimum absolute atomic E-state index is 0. The van der Waals surface area contributed by atoms with E-state index in [-0.39, 0.29) is 18.3 Å². The summed E-state index contributed by atoms with van der Waals surface area (Å²) in [5, 5.41) is 0. The van der Waals surface area contributed by atoms with Gasteiger partial charge in [-0.1, -0.05) is 48.6 Å². The Bertz CT molecular complexity index is 505. The summed E-state index contributed by atoms with van der Waals surface area (Å²) in [5.41, 5.74) is 2.15. The van der Waals surface area contributed by atoms with E-state index in [2.05, 4.69) is 23.1 Å². The van der Waals surface area contributed by atoms with Crippen LogP contribution in [-0.2, 0) is 4.79 Å². The van der Waals surface area contributed by atoms with Gasteiger partial charge in [0.25, 0.3) is 0 Å². The molecule has 0 saturated heterocycles. The van der Waals surface area contributed by atoms with E-state index in [1.165, 1.54) is 0 Å². The van der Waals surface area contributed by atoms with E-state index < -0.39 is 0 Å². The van der Waals surface area contributed by atoms with E-state index in [9.17, 15) is 4.79 Å². The van der Waals surface area contributed by atoms with E-state index >= 15 is 0 Å². The lowest BCUT2D eigenvalue weighted by molar-refractivity contribution is -0.120. The minimum atomic E-state index is 0. The molecule has 0 N–H and O–H groups in total. The molecule has 1 aliphatic rings. The molecule has 1 saturated carbocycles. The van der Waals surface area contributed by atoms with Gasteiger partial charge in [-0.15, -0.1) is 12.4 Å². The predicted octanol–water partition coefficient (Wildman–Crippen LogP) is 3.98. The SMILES string of the molecule is CN(C)CC1CCC/C(=C\C=C\c2ccccc2)C1=O.Cl. The van der Waals surface area contributed by atoms with E-state index in [0.29, 0.717) is 5.78 Å². The van der Waals surface area contributed by atoms with Crippen molar-refractivity contribution in [1.29, 1.82) is 0 Å². The summed E-state index contributed by atoms with van der Waals surface area (Å²) < 4.78 is 0. The molecule has 1 aromatic rings. The summed E-state index contributed by atoms with van der Waals surface area (Å²) in [6.45, 7) is 0.860. The monoisotopic (exact) mass is 305 g/mol. The van der Waals surface area contributed by atoms with Gasteiger partial charge in [0.2, 0.25) is 0 Å². The average Bonchev–Trinajstić information content (AvgIpc) is 2.43. The lowest BCUT2D eigenvalue weighted by Crippen LogP contribution is -2.31. The van der Waals surface area contributed by atoms with Gasteiger partial charge in [0, 0.05) is 12.5 Å². The summed E-state index contributed by atoms with van der Waals surface area (Å²) in [7, 11) is 4.06. The van der Waals surface area contributed by atoms with Crippen LogP contribution in [0, 0.1) is 5.92 Å². The van der Waals surface area contributed by atoms with Crippen molar-refractivity contribution in [1.82, 2.24) is 4.90 Å². The fourth-order valence-electron chi connectivity index (χ4n) is 2.68. The number of Topliss-reactive ketones (excluding diaryl/α,β-unsaturated/α-hetero) is 1. The van der Waals surface area contributed by atoms with Crippen LogP contribution in [0.1, 0.15) is 24.8 Å². The Labute approximate surface area is 134 Å². The Balaban J connectivity index is 0.00000220. The number of carbonyl (C=O) groups is 1. The maximum atomic E-state index is 12.4. The molecular formula is C18H24ClNO. The van der Waals surface area contributed by atoms with E-state index in [1.54, 1.807) is 0 Å². The number of nitrogens with zero attached hydrogens (tertiary/aromatic N) is 1. The molecule has 0 radical (unpaired) electrons. The van der Waals surface area contributed by atoms with Crippen molar-refractivity contribution in [2.75, 3.05) is 20.6 Å². The number of hydrogen-bond acceptors (Lipinski definition) is 2. The summed E-state index contributed by atoms with van der Waals surface area (Å²) in [6, 6.07) is 10.2. The molecule has 0 aliphatic heterocycles. The third-order valence-electron chi connectivity index (χ3n) is 3.66. The molecule has 1 aliphatic carbocycles. The van der Waals surface area contributed by atoms with Crippen molar-refractivity contribution in [2.24, 2.45) is 5.92 Å². The number of rotatable bonds is 4. The number of ketones is 1. The summed E-state index contributed by atoms with van der Waals surface area (Å²) in [6.07, 6.45) is 9.11. The molecule has 0 bridgehead atoms. The average molecular weight is 306 g/mol. The second-order valence-corrected chi connectivity index (χ2v) is 5.68. The highest BCUT2D eigenvalue weighted by Crippen LogP contribution is 2.25. The second-order valence-electron chi connectivity index (χ2n) is 5.68. The van der Waals surface area contributed by atoms with Crippen molar-refractivity contribution in [3.05, 3.63) is 53.6 Å². The first-order valence-electron chi connectivity index (χ1n) is 7.28. The van der Waals surface area contributed by atoms with Gasteiger partial charge in [-0.3, -0.25) is 4.79 Å². The van der Waals surface area contributed by atoms with Gasteiger partial charge in [0.1, 0.15) is 0 Å². The first-order chi connectivity index (χ1) is 9.66. The highest BCUT2D eigenvalue weighted by Gasteiger charge is 2.26. The Morgan fingerprint density at radius 2 is 1.95 bits per heavy atom. The lowest BCUT2D eigenvalue weighted by Gasteiger charge is -2.25. The maximum absolute atomic E-state index is 12.4. The van der Waals surface area contributed by atoms with Crippen LogP contribution in [0.25, 0.3) is 6.08 Å². The molecule has 0 amide bonds. The molecule has 1 aromatic carbocycles. The van der Waals surface area contributed by atoms with Crippen LogP contribution in [0.5, 0.6) is 0 Å². The summed E-state index contributed by atoms with van der Waals surface area (Å²) in [4.78, 5) is 14.5. The van der Waals surface area contributed by atoms with E-state index in [4.69, 9.17) is 0 Å². The Hall–Kier alpha value is -1.38. The molecule has 0 aromatic heterocycles. The molecule has 2 rings (SSSR count). The molecule has 114 valence electrons. The molecule has 3 heteroatoms. The quantitative estimate of drug-likeness (QED) is 0.784. The minimum Gasteiger partial charge on any atom is -0.309 e. The summed E-state index contributed by atoms with van der Waals surface area (Å²) >= 11 is 0. The standard InChI is InChI=1S/C18H23NO.ClH/c1-19(2)14-17-13-7-12-16(18(17)20)11-6-10-15-8-4-3-5-9-15;/h3-6,8-11,17H,7,12-14H2,1-2H3;1H/b10-6+,16-11+;. The zero-order chi connectivity index (χ0) is 14.4. The van der Waals surface area contributed by atoms with Gasteiger partial charge >= 0.3 is 0 Å². The van der Waals surface area contributed by atoms with Gasteiger partial charge in [-0.2, -0.15) is 0 Å². The van der Waals surface area contributed by atoms with Gasteiger partial charge < -0.3 is 4.90 Å². The van der Waals surface area contributed by atoms with E-state index in [1.807, 2.05) is 44.4 Å². The third kappa shape index (κ3) is 5.49. The Morgan fingerprint density at radius 1 is 1.24 bits per heavy atom. The highest BCUT2D eigenvalue weighted by atomic mass is 35.5. The highest BCUT2D eigenvalue weighted by molar-refractivity contribution is 5.98. The number of carbonyl (C=O) groups excluding carboxylic acids is 1. The van der Waals surface area contributed by atoms with Gasteiger partial charge in [-0.05, 0) is 44.5 Å². The van der Waals surface area contributed by atoms with Crippen molar-refractivity contribution < 1.29 is 4.79 Å². The summed E-state index contributed by atoms with van der Waals surface area (Å²) in [5.74, 6) is 0.512. The predicted molar refractivity (Wildman–Crippen MR) is 91.7 cm³/mol. The van der Waals surface area contributed by atoms with Gasteiger partial charge in [-0.25, -0.2) is 0 Å². The largest absolute Gasteiger partial charge is 0.309 e. The zero-order valence-electron chi connectivity index (χ0n) is 12.8. The van der Waals surface area contributed by atoms with Crippen molar-refractivity contribution >= 4 is 24.3 Å². The van der Waals surface area contributed by atoms with Crippen LogP contribution in [0.3, 0.4) is 0 Å². The molecule has 2 nitrogen and oxygen atoms in total. The maximum Gasteiger partial charge on any atom is 0.163 e. The third-order valence-corrected chi connectivity index (χ3v) is 3.66. The second kappa shape index (κ2) is 8.81. The van der Waals surface area contributed by atoms with Crippen LogP contribution in [0.15, 0.2) is 48.1 Å². The number of benzene rings is 1. The van der Waals surface area contributed by atoms with Crippen LogP contribution >= 0.6 is 12.4 Å². The lowest BCUT2D eigenvalue weighted by atomic mass is 9.83. The van der Waals surface area contributed by atoms with Gasteiger partial charge in [0.05, 0.1) is 0 Å². The molecule has 1 atom stereocenters. The van der Waals surface area contributed by atoms with Crippen molar-refractivity contribution in [3.63, 3.8) is 0 Å². The normalized spacial score (nSPS) is 21.0. The van der Waals surface area contributed by atoms with Crippen LogP contribution in [0.2, 0.25) is 0 Å². The fourth-order valence-corrected chi connectivity index (χ4v) is 2.68. The first kappa shape index (κ1) is 17.7. The number of hydrogen-bond donors (Lipinski definition) is 0. The fraction of sp³-hybridized carbons (Fsp3) is 0.389. The smallest absolute Gasteiger partial charge is 0.163 e. The van der Waals surface area contributed by atoms with Crippen LogP contribution in [-0.4, -0.2) is 31.3 Å². The molecular weight excluding hydrogens is 282 g/mol. The first-order valence-corrected chi connectivity index (χ1v) is 7.28. The number of halogens is 1. The molecule has 0 spiro atoms. The Morgan fingerprint density at radius 3 is 2.62 bits per heavy atom. The van der Waals surface area contributed by atoms with Crippen LogP contribution in [0.4, 0.5) is 0 Å². The van der Waals surface area contributed by atoms with Crippen molar-refractivity contribution in [3.8, 4) is 0 Å².